The van der Waals surface area contributed by atoms with Gasteiger partial charge in [0.05, 0.1) is 0 Å². The number of hydrogen-bond donors (Lipinski definition) is 2. The zero-order valence-electron chi connectivity index (χ0n) is 15.5. The van der Waals surface area contributed by atoms with Crippen LogP contribution in [-0.2, 0) is 16.8 Å². The quantitative estimate of drug-likeness (QED) is 0.432. The molecule has 0 spiro atoms. The number of rotatable bonds is 10. The van der Waals surface area contributed by atoms with Crippen LogP contribution in [0, 0.1) is 0 Å². The molecule has 0 aliphatic heterocycles. The van der Waals surface area contributed by atoms with E-state index in [1.807, 2.05) is 18.2 Å². The highest BCUT2D eigenvalue weighted by Crippen LogP contribution is 2.25. The van der Waals surface area contributed by atoms with Gasteiger partial charge in [-0.25, -0.2) is 0 Å². The molecule has 2 aromatic rings. The maximum Gasteiger partial charge on any atom is 0.446 e. The first-order valence-corrected chi connectivity index (χ1v) is 10.5. The first-order valence-electron chi connectivity index (χ1n) is 9.11. The summed E-state index contributed by atoms with van der Waals surface area (Å²) in [6.07, 6.45) is 7.93. The molecule has 0 fully saturated rings. The van der Waals surface area contributed by atoms with Crippen LogP contribution in [0.15, 0.2) is 54.6 Å². The van der Waals surface area contributed by atoms with Crippen molar-refractivity contribution < 1.29 is 22.3 Å². The molecule has 0 saturated carbocycles. The van der Waals surface area contributed by atoms with E-state index in [-0.39, 0.29) is 11.5 Å². The highest BCUT2D eigenvalue weighted by atomic mass is 32.3. The second-order valence-electron chi connectivity index (χ2n) is 6.44. The molecule has 0 amide bonds. The summed E-state index contributed by atoms with van der Waals surface area (Å²) in [6, 6.07) is 14.6. The molecule has 0 saturated heterocycles. The first kappa shape index (κ1) is 21.0. The Labute approximate surface area is 161 Å². The summed E-state index contributed by atoms with van der Waals surface area (Å²) in [5.74, 6) is -0.193. The summed E-state index contributed by atoms with van der Waals surface area (Å²) < 4.78 is 34.8. The van der Waals surface area contributed by atoms with Gasteiger partial charge in [0.1, 0.15) is 11.5 Å². The van der Waals surface area contributed by atoms with Crippen LogP contribution < -0.4 is 4.18 Å². The summed E-state index contributed by atoms with van der Waals surface area (Å²) in [4.78, 5) is 0. The highest BCUT2D eigenvalue weighted by molar-refractivity contribution is 7.81. The van der Waals surface area contributed by atoms with Crippen molar-refractivity contribution in [3.63, 3.8) is 0 Å². The molecule has 27 heavy (non-hydrogen) atoms. The lowest BCUT2D eigenvalue weighted by atomic mass is 9.99. The van der Waals surface area contributed by atoms with Crippen LogP contribution in [0.25, 0.3) is 5.57 Å². The third-order valence-corrected chi connectivity index (χ3v) is 4.53. The van der Waals surface area contributed by atoms with Gasteiger partial charge >= 0.3 is 10.4 Å². The van der Waals surface area contributed by atoms with Gasteiger partial charge in [0.25, 0.3) is 0 Å². The van der Waals surface area contributed by atoms with Crippen LogP contribution in [0.2, 0.25) is 0 Å². The number of allylic oxidation sites excluding steroid dienone is 2. The highest BCUT2D eigenvalue weighted by Gasteiger charge is 2.09. The van der Waals surface area contributed by atoms with Crippen LogP contribution >= 0.6 is 0 Å². The van der Waals surface area contributed by atoms with Gasteiger partial charge in [-0.3, -0.25) is 4.55 Å². The molecule has 146 valence electrons. The number of phenols is 1. The Balaban J connectivity index is 1.90. The third-order valence-electron chi connectivity index (χ3n) is 4.13. The molecule has 0 aliphatic rings. The smallest absolute Gasteiger partial charge is 0.446 e. The normalized spacial score (nSPS) is 12.1. The summed E-state index contributed by atoms with van der Waals surface area (Å²) >= 11 is 0. The van der Waals surface area contributed by atoms with Gasteiger partial charge in [-0.2, -0.15) is 8.42 Å². The van der Waals surface area contributed by atoms with E-state index in [9.17, 15) is 13.5 Å². The predicted molar refractivity (Wildman–Crippen MR) is 107 cm³/mol. The predicted octanol–water partition coefficient (Wildman–Crippen LogP) is 5.17. The van der Waals surface area contributed by atoms with Gasteiger partial charge in [0.2, 0.25) is 0 Å². The van der Waals surface area contributed by atoms with Crippen molar-refractivity contribution in [3.05, 3.63) is 65.7 Å². The van der Waals surface area contributed by atoms with Crippen molar-refractivity contribution in [2.45, 2.75) is 45.4 Å². The van der Waals surface area contributed by atoms with E-state index in [0.717, 1.165) is 43.7 Å². The zero-order chi connectivity index (χ0) is 19.7. The lowest BCUT2D eigenvalue weighted by molar-refractivity contribution is 0.385. The van der Waals surface area contributed by atoms with Gasteiger partial charge in [-0.15, -0.1) is 0 Å². The van der Waals surface area contributed by atoms with Crippen LogP contribution in [0.3, 0.4) is 0 Å². The summed E-state index contributed by atoms with van der Waals surface area (Å²) in [5.41, 5.74) is 3.38. The van der Waals surface area contributed by atoms with Gasteiger partial charge in [0.15, 0.2) is 0 Å². The van der Waals surface area contributed by atoms with Crippen molar-refractivity contribution in [3.8, 4) is 11.5 Å². The molecule has 2 rings (SSSR count). The van der Waals surface area contributed by atoms with E-state index in [1.165, 1.54) is 17.2 Å². The van der Waals surface area contributed by atoms with E-state index in [0.29, 0.717) is 6.42 Å². The number of phenolic OH excluding ortho intramolecular Hbond substituents is 1. The monoisotopic (exact) mass is 390 g/mol. The lowest BCUT2D eigenvalue weighted by Gasteiger charge is -2.08. The van der Waals surface area contributed by atoms with Crippen molar-refractivity contribution in [2.75, 3.05) is 0 Å². The molecule has 6 heteroatoms. The van der Waals surface area contributed by atoms with E-state index in [2.05, 4.69) is 29.3 Å². The minimum atomic E-state index is -4.60. The Kier molecular flexibility index (Phi) is 7.88. The van der Waals surface area contributed by atoms with Gasteiger partial charge in [-0.05, 0) is 60.9 Å². The van der Waals surface area contributed by atoms with E-state index in [1.54, 1.807) is 6.07 Å². The van der Waals surface area contributed by atoms with Crippen molar-refractivity contribution in [1.82, 2.24) is 0 Å². The fourth-order valence-corrected chi connectivity index (χ4v) is 3.33. The zero-order valence-corrected chi connectivity index (χ0v) is 16.3. The fraction of sp³-hybridized carbons (Fsp3) is 0.333. The topological polar surface area (TPSA) is 83.8 Å². The Bertz CT molecular complexity index is 857. The minimum Gasteiger partial charge on any atom is -0.508 e. The maximum atomic E-state index is 10.8. The molecular weight excluding hydrogens is 364 g/mol. The van der Waals surface area contributed by atoms with E-state index < -0.39 is 10.4 Å². The van der Waals surface area contributed by atoms with Crippen molar-refractivity contribution in [1.29, 1.82) is 0 Å². The van der Waals surface area contributed by atoms with Gasteiger partial charge in [-0.1, -0.05) is 49.8 Å². The van der Waals surface area contributed by atoms with Crippen LogP contribution in [0.4, 0.5) is 0 Å². The molecule has 0 atom stereocenters. The lowest BCUT2D eigenvalue weighted by Crippen LogP contribution is -2.06. The van der Waals surface area contributed by atoms with E-state index >= 15 is 0 Å². The Morgan fingerprint density at radius 2 is 1.85 bits per heavy atom. The SMILES string of the molecule is CCCC(=CCCCCc1cc(O)cc(OS(=O)(=O)O)c1)c1ccccc1. The average Bonchev–Trinajstić information content (AvgIpc) is 2.59. The maximum absolute atomic E-state index is 10.8. The summed E-state index contributed by atoms with van der Waals surface area (Å²) in [7, 11) is -4.60. The summed E-state index contributed by atoms with van der Waals surface area (Å²) in [6.45, 7) is 2.17. The first-order chi connectivity index (χ1) is 12.9. The van der Waals surface area contributed by atoms with Crippen LogP contribution in [0.1, 0.15) is 50.2 Å². The molecule has 2 N–H and O–H groups in total. The molecule has 0 unspecified atom stereocenters. The molecular formula is C21H26O5S. The second-order valence-corrected chi connectivity index (χ2v) is 7.46. The Hall–Kier alpha value is -2.31. The molecule has 0 aliphatic carbocycles. The van der Waals surface area contributed by atoms with Crippen molar-refractivity contribution in [2.24, 2.45) is 0 Å². The number of hydrogen-bond acceptors (Lipinski definition) is 4. The molecule has 0 radical (unpaired) electrons. The molecule has 0 bridgehead atoms. The largest absolute Gasteiger partial charge is 0.508 e. The Morgan fingerprint density at radius 3 is 2.52 bits per heavy atom. The second kappa shape index (κ2) is 10.1. The van der Waals surface area contributed by atoms with Gasteiger partial charge in [0, 0.05) is 6.07 Å². The standard InChI is InChI=1S/C21H26O5S/c1-2-9-18(19-12-7-4-8-13-19)11-6-3-5-10-17-14-20(22)16-21(15-17)26-27(23,24)25/h4,7-8,11-16,22H,2-3,5-6,9-10H2,1H3,(H,23,24,25). The number of aryl methyl sites for hydroxylation is 1. The number of unbranched alkanes of at least 4 members (excludes halogenated alkanes) is 2. The third kappa shape index (κ3) is 7.85. The summed E-state index contributed by atoms with van der Waals surface area (Å²) in [5, 5.41) is 9.69. The Morgan fingerprint density at radius 1 is 1.11 bits per heavy atom. The van der Waals surface area contributed by atoms with Crippen LogP contribution in [-0.4, -0.2) is 18.1 Å². The minimum absolute atomic E-state index is 0.0956. The molecule has 5 nitrogen and oxygen atoms in total. The van der Waals surface area contributed by atoms with E-state index in [4.69, 9.17) is 4.55 Å². The molecule has 0 heterocycles. The van der Waals surface area contributed by atoms with Crippen molar-refractivity contribution >= 4 is 16.0 Å². The number of benzene rings is 2. The van der Waals surface area contributed by atoms with Crippen LogP contribution in [0.5, 0.6) is 11.5 Å². The molecule has 0 aromatic heterocycles. The van der Waals surface area contributed by atoms with Gasteiger partial charge < -0.3 is 9.29 Å². The average molecular weight is 391 g/mol. The fourth-order valence-electron chi connectivity index (χ4n) is 2.99. The molecule has 2 aromatic carbocycles. The number of aromatic hydroxyl groups is 1.